The van der Waals surface area contributed by atoms with Crippen LogP contribution in [0.5, 0.6) is 0 Å². The molecular weight excluding hydrogens is 607 g/mol. The van der Waals surface area contributed by atoms with Crippen LogP contribution in [-0.4, -0.2) is 40.6 Å². The Kier molecular flexibility index (Phi) is 9.67. The van der Waals surface area contributed by atoms with Crippen LogP contribution in [0, 0.1) is 5.92 Å². The number of pyridine rings is 1. The van der Waals surface area contributed by atoms with Gasteiger partial charge in [0.1, 0.15) is 11.9 Å². The monoisotopic (exact) mass is 640 g/mol. The van der Waals surface area contributed by atoms with Gasteiger partial charge in [0.2, 0.25) is 0 Å². The van der Waals surface area contributed by atoms with E-state index in [1.54, 1.807) is 0 Å². The van der Waals surface area contributed by atoms with Crippen LogP contribution < -0.4 is 10.6 Å². The van der Waals surface area contributed by atoms with Gasteiger partial charge in [0.15, 0.2) is 0 Å². The van der Waals surface area contributed by atoms with Crippen LogP contribution >= 0.6 is 0 Å². The maximum Gasteiger partial charge on any atom is 0.417 e. The summed E-state index contributed by atoms with van der Waals surface area (Å²) in [6.45, 7) is 5.67. The number of hydrogen-bond donors (Lipinski definition) is 2. The molecule has 1 aromatic carbocycles. The van der Waals surface area contributed by atoms with Crippen LogP contribution in [0.3, 0.4) is 0 Å². The molecule has 1 aliphatic carbocycles. The number of carbonyl (C=O) groups is 1. The maximum atomic E-state index is 13.7. The summed E-state index contributed by atoms with van der Waals surface area (Å²) in [6, 6.07) is 0.785. The lowest BCUT2D eigenvalue weighted by Crippen LogP contribution is -2.43. The lowest BCUT2D eigenvalue weighted by Gasteiger charge is -2.37. The third-order valence-corrected chi connectivity index (χ3v) is 8.29. The first-order chi connectivity index (χ1) is 20.4. The quantitative estimate of drug-likeness (QED) is 0.285. The summed E-state index contributed by atoms with van der Waals surface area (Å²) in [5, 5.41) is 6.67. The van der Waals surface area contributed by atoms with Gasteiger partial charge in [-0.15, -0.1) is 0 Å². The molecule has 0 bridgehead atoms. The fraction of sp³-hybridized carbons (Fsp3) is 0.586. The van der Waals surface area contributed by atoms with E-state index < -0.39 is 65.6 Å². The number of anilines is 1. The average molecular weight is 641 g/mol. The fourth-order valence-electron chi connectivity index (χ4n) is 5.96. The van der Waals surface area contributed by atoms with Crippen LogP contribution in [-0.2, 0) is 29.8 Å². The molecule has 5 atom stereocenters. The molecule has 2 aromatic rings. The van der Waals surface area contributed by atoms with Crippen molar-refractivity contribution in [2.45, 2.75) is 95.8 Å². The van der Waals surface area contributed by atoms with Gasteiger partial charge in [0.25, 0.3) is 0 Å². The number of halogens is 9. The van der Waals surface area contributed by atoms with Crippen molar-refractivity contribution in [2.24, 2.45) is 5.92 Å². The number of carbonyl (C=O) groups excluding carboxylic acids is 1. The molecule has 1 saturated carbocycles. The van der Waals surface area contributed by atoms with Crippen LogP contribution in [0.1, 0.15) is 80.4 Å². The highest BCUT2D eigenvalue weighted by Gasteiger charge is 2.44. The first-order valence-electron chi connectivity index (χ1n) is 14.2. The van der Waals surface area contributed by atoms with Gasteiger partial charge in [-0.2, -0.15) is 39.5 Å². The van der Waals surface area contributed by atoms with E-state index in [1.807, 2.05) is 13.8 Å². The number of aromatic nitrogens is 1. The zero-order chi connectivity index (χ0) is 32.6. The van der Waals surface area contributed by atoms with Gasteiger partial charge in [-0.3, -0.25) is 4.90 Å². The molecule has 1 saturated heterocycles. The molecule has 2 N–H and O–H groups in total. The molecule has 244 valence electrons. The zero-order valence-corrected chi connectivity index (χ0v) is 24.1. The Morgan fingerprint density at radius 3 is 2.07 bits per heavy atom. The first kappa shape index (κ1) is 33.7. The van der Waals surface area contributed by atoms with Crippen LogP contribution in [0.4, 0.5) is 50.1 Å². The third-order valence-electron chi connectivity index (χ3n) is 8.29. The van der Waals surface area contributed by atoms with Crippen molar-refractivity contribution in [1.29, 1.82) is 0 Å². The van der Waals surface area contributed by atoms with E-state index in [0.29, 0.717) is 30.8 Å². The summed E-state index contributed by atoms with van der Waals surface area (Å²) in [5.74, 6) is 0.277. The molecule has 2 fully saturated rings. The fourth-order valence-corrected chi connectivity index (χ4v) is 5.96. The number of benzene rings is 1. The van der Waals surface area contributed by atoms with Crippen molar-refractivity contribution >= 4 is 11.9 Å². The predicted octanol–water partition coefficient (Wildman–Crippen LogP) is 8.19. The van der Waals surface area contributed by atoms with Gasteiger partial charge in [-0.1, -0.05) is 20.3 Å². The summed E-state index contributed by atoms with van der Waals surface area (Å²) in [6.07, 6.45) is -13.8. The number of nitrogens with one attached hydrogen (secondary N) is 2. The third kappa shape index (κ3) is 7.52. The van der Waals surface area contributed by atoms with Gasteiger partial charge in [0, 0.05) is 23.8 Å². The van der Waals surface area contributed by atoms with E-state index in [0.717, 1.165) is 36.8 Å². The second-order valence-electron chi connectivity index (χ2n) is 11.2. The molecule has 6 nitrogen and oxygen atoms in total. The molecule has 44 heavy (non-hydrogen) atoms. The number of amides is 1. The van der Waals surface area contributed by atoms with Crippen molar-refractivity contribution < 1.29 is 49.0 Å². The van der Waals surface area contributed by atoms with Crippen LogP contribution in [0.2, 0.25) is 0 Å². The minimum Gasteiger partial charge on any atom is -0.439 e. The standard InChI is InChI=1S/C29H33F9N4O2/c1-4-16-11-22(39-5-2)6-7-23(16)41-25-18(10-21(13-40-25)29(36,37)38)14-42-15(3)24(44-26(42)43)17-8-19(27(30,31)32)12-20(9-17)28(33,34)35/h8-10,12-13,15-16,22-24,39H,4-7,11,14H2,1-3H3,(H,40,41)/t15-,16?,22?,23?,24-/m0/s1. The molecule has 1 aromatic heterocycles. The Balaban J connectivity index is 1.65. The molecular formula is C29H33F9N4O2. The molecule has 3 unspecified atom stereocenters. The Morgan fingerprint density at radius 2 is 1.52 bits per heavy atom. The van der Waals surface area contributed by atoms with E-state index in [9.17, 15) is 44.3 Å². The predicted molar refractivity (Wildman–Crippen MR) is 142 cm³/mol. The molecule has 2 heterocycles. The van der Waals surface area contributed by atoms with Gasteiger partial charge in [-0.25, -0.2) is 9.78 Å². The number of ether oxygens (including phenoxy) is 1. The van der Waals surface area contributed by atoms with Crippen molar-refractivity contribution in [3.8, 4) is 0 Å². The van der Waals surface area contributed by atoms with E-state index in [1.165, 1.54) is 6.92 Å². The van der Waals surface area contributed by atoms with Crippen LogP contribution in [0.25, 0.3) is 0 Å². The van der Waals surface area contributed by atoms with E-state index in [-0.39, 0.29) is 29.4 Å². The lowest BCUT2D eigenvalue weighted by atomic mass is 9.80. The summed E-state index contributed by atoms with van der Waals surface area (Å²) >= 11 is 0. The topological polar surface area (TPSA) is 66.5 Å². The minimum atomic E-state index is -5.12. The van der Waals surface area contributed by atoms with E-state index >= 15 is 0 Å². The summed E-state index contributed by atoms with van der Waals surface area (Å²) < 4.78 is 127. The van der Waals surface area contributed by atoms with Gasteiger partial charge in [0.05, 0.1) is 29.3 Å². The number of nitrogens with zero attached hydrogens (tertiary/aromatic N) is 2. The van der Waals surface area contributed by atoms with Crippen molar-refractivity contribution in [2.75, 3.05) is 11.9 Å². The molecule has 15 heteroatoms. The van der Waals surface area contributed by atoms with E-state index in [2.05, 4.69) is 15.6 Å². The summed E-state index contributed by atoms with van der Waals surface area (Å²) in [7, 11) is 0. The Bertz CT molecular complexity index is 1300. The largest absolute Gasteiger partial charge is 0.439 e. The Labute approximate surface area is 248 Å². The van der Waals surface area contributed by atoms with Gasteiger partial charge in [-0.05, 0) is 68.5 Å². The highest BCUT2D eigenvalue weighted by Crippen LogP contribution is 2.42. The molecule has 0 radical (unpaired) electrons. The van der Waals surface area contributed by atoms with Crippen LogP contribution in [0.15, 0.2) is 30.5 Å². The Hall–Kier alpha value is -3.23. The molecule has 0 spiro atoms. The number of hydrogen-bond acceptors (Lipinski definition) is 5. The summed E-state index contributed by atoms with van der Waals surface area (Å²) in [5.41, 5.74) is -4.79. The smallest absolute Gasteiger partial charge is 0.417 e. The lowest BCUT2D eigenvalue weighted by molar-refractivity contribution is -0.143. The second kappa shape index (κ2) is 12.6. The number of rotatable bonds is 8. The molecule has 2 aliphatic rings. The SMILES string of the molecule is CCNC1CCC(Nc2ncc(C(F)(F)F)cc2CN2C(=O)O[C@H](c3cc(C(F)(F)F)cc(C(F)(F)F)c3)[C@@H]2C)C(CC)C1. The normalized spacial score (nSPS) is 24.9. The summed E-state index contributed by atoms with van der Waals surface area (Å²) in [4.78, 5) is 17.9. The highest BCUT2D eigenvalue weighted by molar-refractivity contribution is 5.71. The molecule has 1 aliphatic heterocycles. The van der Waals surface area contributed by atoms with Gasteiger partial charge >= 0.3 is 24.6 Å². The maximum absolute atomic E-state index is 13.7. The first-order valence-corrected chi connectivity index (χ1v) is 14.2. The van der Waals surface area contributed by atoms with Crippen molar-refractivity contribution in [1.82, 2.24) is 15.2 Å². The number of cyclic esters (lactones) is 1. The highest BCUT2D eigenvalue weighted by atomic mass is 19.4. The van der Waals surface area contributed by atoms with E-state index in [4.69, 9.17) is 4.74 Å². The zero-order valence-electron chi connectivity index (χ0n) is 24.1. The van der Waals surface area contributed by atoms with Gasteiger partial charge < -0.3 is 15.4 Å². The number of alkyl halides is 9. The Morgan fingerprint density at radius 1 is 0.909 bits per heavy atom. The minimum absolute atomic E-state index is 0.0204. The van der Waals surface area contributed by atoms with Crippen molar-refractivity contribution in [3.63, 3.8) is 0 Å². The molecule has 4 rings (SSSR count). The average Bonchev–Trinajstić information content (AvgIpc) is 3.21. The van der Waals surface area contributed by atoms with Crippen molar-refractivity contribution in [3.05, 3.63) is 58.3 Å². The molecule has 1 amide bonds. The second-order valence-corrected chi connectivity index (χ2v) is 11.2.